The van der Waals surface area contributed by atoms with Crippen molar-refractivity contribution in [2.75, 3.05) is 56.6 Å². The Balaban J connectivity index is 1.78. The quantitative estimate of drug-likeness (QED) is 0.326. The van der Waals surface area contributed by atoms with Crippen LogP contribution in [-0.2, 0) is 13.0 Å². The summed E-state index contributed by atoms with van der Waals surface area (Å²) in [5.74, 6) is 0.727. The SMILES string of the molecule is CCCN1CCCc2cc(CN(CCCN(CC)CC)C(=S)Nc3cc(Cl)ccc3OC)ccc21. The minimum absolute atomic E-state index is 0.649. The van der Waals surface area contributed by atoms with Gasteiger partial charge in [0.1, 0.15) is 5.75 Å². The van der Waals surface area contributed by atoms with Crippen molar-refractivity contribution < 1.29 is 4.74 Å². The lowest BCUT2D eigenvalue weighted by Crippen LogP contribution is -2.37. The molecule has 35 heavy (non-hydrogen) atoms. The standard InChI is InChI=1S/C28H41ClN4OS/c1-5-15-32-17-8-10-23-19-22(11-13-26(23)32)21-33(18-9-16-31(6-2)7-3)28(35)30-25-20-24(29)12-14-27(25)34-4/h11-14,19-20H,5-10,15-18,21H2,1-4H3,(H,30,35). The molecule has 0 atom stereocenters. The van der Waals surface area contributed by atoms with E-state index < -0.39 is 0 Å². The minimum Gasteiger partial charge on any atom is -0.495 e. The highest BCUT2D eigenvalue weighted by molar-refractivity contribution is 7.80. The number of thiocarbonyl (C=S) groups is 1. The van der Waals surface area contributed by atoms with Gasteiger partial charge in [0.05, 0.1) is 12.8 Å². The number of aryl methyl sites for hydroxylation is 1. The van der Waals surface area contributed by atoms with Crippen LogP contribution in [0.4, 0.5) is 11.4 Å². The van der Waals surface area contributed by atoms with Crippen LogP contribution in [0.5, 0.6) is 5.75 Å². The Morgan fingerprint density at radius 1 is 1.11 bits per heavy atom. The molecule has 2 aromatic rings. The Kier molecular flexibility index (Phi) is 11.0. The molecule has 0 saturated heterocycles. The van der Waals surface area contributed by atoms with Crippen LogP contribution in [0.2, 0.25) is 5.02 Å². The fraction of sp³-hybridized carbons (Fsp3) is 0.536. The summed E-state index contributed by atoms with van der Waals surface area (Å²) >= 11 is 12.2. The number of nitrogens with one attached hydrogen (secondary N) is 1. The Morgan fingerprint density at radius 3 is 2.63 bits per heavy atom. The van der Waals surface area contributed by atoms with E-state index in [1.165, 1.54) is 29.7 Å². The highest BCUT2D eigenvalue weighted by Crippen LogP contribution is 2.30. The first-order valence-corrected chi connectivity index (χ1v) is 13.8. The molecule has 0 spiro atoms. The van der Waals surface area contributed by atoms with Crippen LogP contribution >= 0.6 is 23.8 Å². The lowest BCUT2D eigenvalue weighted by atomic mass is 9.98. The smallest absolute Gasteiger partial charge is 0.173 e. The molecule has 2 aromatic carbocycles. The summed E-state index contributed by atoms with van der Waals surface area (Å²) in [6, 6.07) is 12.5. The molecule has 1 N–H and O–H groups in total. The summed E-state index contributed by atoms with van der Waals surface area (Å²) in [5, 5.41) is 4.74. The molecule has 0 fully saturated rings. The molecule has 7 heteroatoms. The number of nitrogens with zero attached hydrogens (tertiary/aromatic N) is 3. The lowest BCUT2D eigenvalue weighted by molar-refractivity contribution is 0.281. The average molecular weight is 517 g/mol. The van der Waals surface area contributed by atoms with Crippen LogP contribution in [0.1, 0.15) is 51.2 Å². The van der Waals surface area contributed by atoms with Crippen molar-refractivity contribution in [2.24, 2.45) is 0 Å². The largest absolute Gasteiger partial charge is 0.495 e. The van der Waals surface area contributed by atoms with Crippen molar-refractivity contribution in [3.05, 3.63) is 52.5 Å². The third-order valence-corrected chi connectivity index (χ3v) is 7.31. The number of hydrogen-bond acceptors (Lipinski definition) is 4. The molecule has 3 rings (SSSR count). The summed E-state index contributed by atoms with van der Waals surface area (Å²) < 4.78 is 5.52. The molecule has 0 bridgehead atoms. The second-order valence-corrected chi connectivity index (χ2v) is 9.95. The number of rotatable bonds is 12. The van der Waals surface area contributed by atoms with E-state index in [1.807, 2.05) is 18.2 Å². The summed E-state index contributed by atoms with van der Waals surface area (Å²) in [7, 11) is 1.66. The van der Waals surface area contributed by atoms with E-state index in [9.17, 15) is 0 Å². The predicted molar refractivity (Wildman–Crippen MR) is 154 cm³/mol. The van der Waals surface area contributed by atoms with Crippen molar-refractivity contribution >= 4 is 40.3 Å². The summed E-state index contributed by atoms with van der Waals surface area (Å²) in [6.45, 7) is 13.8. The Labute approximate surface area is 222 Å². The Hall–Kier alpha value is -2.02. The summed E-state index contributed by atoms with van der Waals surface area (Å²) in [6.07, 6.45) is 4.59. The van der Waals surface area contributed by atoms with Gasteiger partial charge >= 0.3 is 0 Å². The Bertz CT molecular complexity index is 966. The molecule has 0 amide bonds. The van der Waals surface area contributed by atoms with Crippen molar-refractivity contribution in [2.45, 2.75) is 53.0 Å². The molecule has 1 heterocycles. The van der Waals surface area contributed by atoms with Gasteiger partial charge in [-0.1, -0.05) is 44.5 Å². The van der Waals surface area contributed by atoms with E-state index in [-0.39, 0.29) is 0 Å². The lowest BCUT2D eigenvalue weighted by Gasteiger charge is -2.32. The first-order valence-electron chi connectivity index (χ1n) is 13.0. The van der Waals surface area contributed by atoms with Gasteiger partial charge in [-0.15, -0.1) is 0 Å². The molecule has 0 radical (unpaired) electrons. The van der Waals surface area contributed by atoms with Crippen LogP contribution in [0.25, 0.3) is 0 Å². The number of halogens is 1. The number of methoxy groups -OCH3 is 1. The third kappa shape index (κ3) is 7.73. The number of hydrogen-bond donors (Lipinski definition) is 1. The molecule has 5 nitrogen and oxygen atoms in total. The van der Waals surface area contributed by atoms with Gasteiger partial charge in [0.25, 0.3) is 0 Å². The summed E-state index contributed by atoms with van der Waals surface area (Å²) in [5.41, 5.74) is 4.95. The molecular formula is C28H41ClN4OS. The molecule has 192 valence electrons. The van der Waals surface area contributed by atoms with Crippen molar-refractivity contribution in [1.29, 1.82) is 0 Å². The van der Waals surface area contributed by atoms with Crippen LogP contribution in [0.15, 0.2) is 36.4 Å². The van der Waals surface area contributed by atoms with Crippen molar-refractivity contribution in [3.63, 3.8) is 0 Å². The zero-order chi connectivity index (χ0) is 25.2. The van der Waals surface area contributed by atoms with Gasteiger partial charge in [-0.05, 0) is 92.9 Å². The van der Waals surface area contributed by atoms with E-state index in [0.717, 1.165) is 70.1 Å². The molecule has 0 saturated carbocycles. The number of ether oxygens (including phenoxy) is 1. The number of benzene rings is 2. The van der Waals surface area contributed by atoms with Crippen molar-refractivity contribution in [1.82, 2.24) is 9.80 Å². The molecule has 0 aliphatic carbocycles. The van der Waals surface area contributed by atoms with Gasteiger partial charge in [-0.2, -0.15) is 0 Å². The fourth-order valence-electron chi connectivity index (χ4n) is 4.80. The summed E-state index contributed by atoms with van der Waals surface area (Å²) in [4.78, 5) is 7.26. The number of fused-ring (bicyclic) bond motifs is 1. The minimum atomic E-state index is 0.649. The maximum atomic E-state index is 6.26. The second-order valence-electron chi connectivity index (χ2n) is 9.13. The monoisotopic (exact) mass is 516 g/mol. The first-order chi connectivity index (χ1) is 17.0. The topological polar surface area (TPSA) is 31.0 Å². The Morgan fingerprint density at radius 2 is 1.91 bits per heavy atom. The van der Waals surface area contributed by atoms with Crippen molar-refractivity contribution in [3.8, 4) is 5.75 Å². The molecular weight excluding hydrogens is 476 g/mol. The van der Waals surface area contributed by atoms with Crippen LogP contribution < -0.4 is 15.0 Å². The van der Waals surface area contributed by atoms with Gasteiger partial charge in [0.2, 0.25) is 0 Å². The maximum Gasteiger partial charge on any atom is 0.173 e. The number of anilines is 2. The predicted octanol–water partition coefficient (Wildman–Crippen LogP) is 6.44. The van der Waals surface area contributed by atoms with Gasteiger partial charge in [-0.25, -0.2) is 0 Å². The molecule has 0 unspecified atom stereocenters. The van der Waals surface area contributed by atoms with E-state index >= 15 is 0 Å². The second kappa shape index (κ2) is 13.9. The first kappa shape index (κ1) is 27.6. The molecule has 1 aliphatic rings. The molecule has 0 aromatic heterocycles. The van der Waals surface area contributed by atoms with E-state index in [0.29, 0.717) is 10.1 Å². The molecule has 1 aliphatic heterocycles. The average Bonchev–Trinajstić information content (AvgIpc) is 2.86. The van der Waals surface area contributed by atoms with Gasteiger partial charge in [0.15, 0.2) is 5.11 Å². The highest BCUT2D eigenvalue weighted by atomic mass is 35.5. The van der Waals surface area contributed by atoms with Gasteiger partial charge in [0, 0.05) is 36.9 Å². The van der Waals surface area contributed by atoms with Crippen LogP contribution in [-0.4, -0.2) is 61.3 Å². The van der Waals surface area contributed by atoms with E-state index in [1.54, 1.807) is 7.11 Å². The maximum absolute atomic E-state index is 6.26. The third-order valence-electron chi connectivity index (χ3n) is 6.71. The van der Waals surface area contributed by atoms with Crippen LogP contribution in [0, 0.1) is 0 Å². The van der Waals surface area contributed by atoms with Gasteiger partial charge < -0.3 is 24.8 Å². The zero-order valence-corrected chi connectivity index (χ0v) is 23.4. The van der Waals surface area contributed by atoms with Crippen LogP contribution in [0.3, 0.4) is 0 Å². The fourth-order valence-corrected chi connectivity index (χ4v) is 5.24. The zero-order valence-electron chi connectivity index (χ0n) is 21.8. The normalized spacial score (nSPS) is 13.0. The van der Waals surface area contributed by atoms with E-state index in [4.69, 9.17) is 28.6 Å². The van der Waals surface area contributed by atoms with E-state index in [2.05, 4.69) is 59.0 Å². The van der Waals surface area contributed by atoms with Gasteiger partial charge in [-0.3, -0.25) is 0 Å². The highest BCUT2D eigenvalue weighted by Gasteiger charge is 2.18.